The van der Waals surface area contributed by atoms with Crippen molar-refractivity contribution in [2.45, 2.75) is 107 Å². The van der Waals surface area contributed by atoms with Crippen LogP contribution in [0.15, 0.2) is 0 Å². The Balaban J connectivity index is -0.0000000578. The zero-order chi connectivity index (χ0) is 20.2. The van der Waals surface area contributed by atoms with Gasteiger partial charge in [0.1, 0.15) is 5.78 Å². The molecule has 26 heavy (non-hydrogen) atoms. The summed E-state index contributed by atoms with van der Waals surface area (Å²) < 4.78 is 0. The van der Waals surface area contributed by atoms with Gasteiger partial charge in [0, 0.05) is 12.8 Å². The molecule has 158 valence electrons. The molecule has 0 unspecified atom stereocenters. The summed E-state index contributed by atoms with van der Waals surface area (Å²) in [5.74, 6) is 0.376. The van der Waals surface area contributed by atoms with Gasteiger partial charge in [-0.05, 0) is 10.8 Å². The van der Waals surface area contributed by atoms with Crippen molar-refractivity contribution in [2.24, 2.45) is 10.8 Å². The van der Waals surface area contributed by atoms with E-state index >= 15 is 0 Å². The Morgan fingerprint density at radius 3 is 1.23 bits per heavy atom. The number of carbonyl (C=O) groups excluding carboxylic acids is 1. The van der Waals surface area contributed by atoms with Gasteiger partial charge in [-0.25, -0.2) is 0 Å². The molecule has 0 aromatic heterocycles. The SMILES string of the molecule is [CH2-]CC.[CH2-]CC.[CH2-]CCC(C)(C)C.[CH2-]CCCC(=O)CC(C)(C)C.[W+2].[W+2]. The Kier molecular flexibility index (Phi) is 45.0. The summed E-state index contributed by atoms with van der Waals surface area (Å²) in [4.78, 5) is 11.2. The maximum absolute atomic E-state index is 11.2. The quantitative estimate of drug-likeness (QED) is 0.264. The predicted octanol–water partition coefficient (Wildman–Crippen LogP) is 8.10. The van der Waals surface area contributed by atoms with Crippen LogP contribution >= 0.6 is 0 Å². The van der Waals surface area contributed by atoms with Crippen molar-refractivity contribution in [1.82, 2.24) is 0 Å². The van der Waals surface area contributed by atoms with Crippen molar-refractivity contribution in [2.75, 3.05) is 0 Å². The van der Waals surface area contributed by atoms with Crippen molar-refractivity contribution in [3.8, 4) is 0 Å². The second kappa shape index (κ2) is 28.3. The first-order chi connectivity index (χ1) is 10.8. The molecule has 1 nitrogen and oxygen atoms in total. The van der Waals surface area contributed by atoms with E-state index in [1.54, 1.807) is 0 Å². The van der Waals surface area contributed by atoms with Crippen LogP contribution in [0.4, 0.5) is 0 Å². The van der Waals surface area contributed by atoms with Crippen LogP contribution in [0, 0.1) is 38.5 Å². The van der Waals surface area contributed by atoms with Crippen LogP contribution in [0.1, 0.15) is 107 Å². The first-order valence-corrected chi connectivity index (χ1v) is 9.53. The molecule has 0 rings (SSSR count). The minimum atomic E-state index is 0. The molecule has 0 amide bonds. The van der Waals surface area contributed by atoms with Gasteiger partial charge in [-0.2, -0.15) is 25.7 Å². The number of carbonyl (C=O) groups is 1. The number of Topliss-reactive ketones (excluding diaryl/α,β-unsaturated/α-hetero) is 1. The molecule has 0 spiro atoms. The molecule has 0 radical (unpaired) electrons. The Morgan fingerprint density at radius 2 is 1.08 bits per heavy atom. The molecule has 0 atom stereocenters. The van der Waals surface area contributed by atoms with Gasteiger partial charge in [0.15, 0.2) is 0 Å². The third kappa shape index (κ3) is 73.4. The minimum absolute atomic E-state index is 0. The molecule has 0 aromatic rings. The molecule has 3 heteroatoms. The molecule has 0 heterocycles. The van der Waals surface area contributed by atoms with Gasteiger partial charge in [0.25, 0.3) is 0 Å². The van der Waals surface area contributed by atoms with E-state index in [1.165, 1.54) is 6.42 Å². The van der Waals surface area contributed by atoms with Crippen molar-refractivity contribution < 1.29 is 46.9 Å². The summed E-state index contributed by atoms with van der Waals surface area (Å²) in [5.41, 5.74) is 0.639. The number of rotatable bonds is 5. The molecule has 0 bridgehead atoms. The summed E-state index contributed by atoms with van der Waals surface area (Å²) in [6.07, 6.45) is 7.51. The summed E-state index contributed by atoms with van der Waals surface area (Å²) in [6.45, 7) is 31.5. The second-order valence-corrected chi connectivity index (χ2v) is 8.40. The summed E-state index contributed by atoms with van der Waals surface area (Å²) >= 11 is 0. The van der Waals surface area contributed by atoms with Gasteiger partial charge in [-0.1, -0.05) is 68.2 Å². The largest absolute Gasteiger partial charge is 2.00 e. The van der Waals surface area contributed by atoms with Crippen molar-refractivity contribution in [1.29, 1.82) is 0 Å². The molecule has 0 aliphatic rings. The van der Waals surface area contributed by atoms with E-state index in [0.29, 0.717) is 24.0 Å². The zero-order valence-corrected chi connectivity index (χ0v) is 25.1. The molecular formula is C23H48OW2. The van der Waals surface area contributed by atoms with Crippen LogP contribution in [0.2, 0.25) is 0 Å². The van der Waals surface area contributed by atoms with Crippen LogP contribution in [0.25, 0.3) is 0 Å². The maximum Gasteiger partial charge on any atom is 2.00 e. The predicted molar refractivity (Wildman–Crippen MR) is 114 cm³/mol. The van der Waals surface area contributed by atoms with Crippen LogP contribution in [0.5, 0.6) is 0 Å². The van der Waals surface area contributed by atoms with E-state index in [2.05, 4.69) is 69.2 Å². The Labute approximate surface area is 197 Å². The summed E-state index contributed by atoms with van der Waals surface area (Å²) in [5, 5.41) is 0. The van der Waals surface area contributed by atoms with E-state index in [4.69, 9.17) is 0 Å². The fraction of sp³-hybridized carbons (Fsp3) is 0.783. The topological polar surface area (TPSA) is 17.1 Å². The molecule has 0 N–H and O–H groups in total. The van der Waals surface area contributed by atoms with E-state index < -0.39 is 0 Å². The van der Waals surface area contributed by atoms with Gasteiger partial charge in [0.05, 0.1) is 0 Å². The Bertz CT molecular complexity index is 236. The summed E-state index contributed by atoms with van der Waals surface area (Å²) in [6, 6.07) is 0. The third-order valence-corrected chi connectivity index (χ3v) is 2.36. The zero-order valence-electron chi connectivity index (χ0n) is 19.2. The minimum Gasteiger partial charge on any atom is -0.344 e. The fourth-order valence-electron chi connectivity index (χ4n) is 1.53. The third-order valence-electron chi connectivity index (χ3n) is 2.36. The molecule has 0 saturated carbocycles. The van der Waals surface area contributed by atoms with Gasteiger partial charge >= 0.3 is 42.1 Å². The summed E-state index contributed by atoms with van der Waals surface area (Å²) in [7, 11) is 0. The second-order valence-electron chi connectivity index (χ2n) is 8.40. The Morgan fingerprint density at radius 1 is 0.731 bits per heavy atom. The monoisotopic (exact) mass is 708 g/mol. The standard InChI is InChI=1S/C10H19O.C7H15.2C3H7.2W/c1-5-6-7-9(11)8-10(2,3)4;1-5-6-7(2,3)4;2*1-3-2;;/h1,5-8H2,2-4H3;1,5-6H2,2-4H3;2*1,3H2,2H3;;/q4*-1;2*+2. The Hall–Kier alpha value is 1.05. The van der Waals surface area contributed by atoms with Crippen LogP contribution in [0.3, 0.4) is 0 Å². The van der Waals surface area contributed by atoms with Gasteiger partial charge in [-0.3, -0.25) is 4.79 Å². The van der Waals surface area contributed by atoms with Crippen LogP contribution in [-0.2, 0) is 46.9 Å². The first kappa shape index (κ1) is 41.4. The van der Waals surface area contributed by atoms with Crippen molar-refractivity contribution in [3.05, 3.63) is 27.7 Å². The fourth-order valence-corrected chi connectivity index (χ4v) is 1.53. The molecule has 0 aliphatic carbocycles. The van der Waals surface area contributed by atoms with Gasteiger partial charge in [-0.15, -0.1) is 0 Å². The number of hydrogen-bond acceptors (Lipinski definition) is 1. The number of unbranched alkanes of at least 4 members (excludes halogenated alkanes) is 1. The van der Waals surface area contributed by atoms with Gasteiger partial charge in [0.2, 0.25) is 0 Å². The van der Waals surface area contributed by atoms with E-state index in [9.17, 15) is 4.79 Å². The van der Waals surface area contributed by atoms with E-state index in [-0.39, 0.29) is 47.5 Å². The number of ketones is 1. The molecule has 0 saturated heterocycles. The molecule has 0 aliphatic heterocycles. The van der Waals surface area contributed by atoms with Crippen molar-refractivity contribution in [3.63, 3.8) is 0 Å². The van der Waals surface area contributed by atoms with Crippen LogP contribution < -0.4 is 0 Å². The molecular weight excluding hydrogens is 660 g/mol. The van der Waals surface area contributed by atoms with Crippen LogP contribution in [-0.4, -0.2) is 5.78 Å². The van der Waals surface area contributed by atoms with E-state index in [0.717, 1.165) is 32.1 Å². The smallest absolute Gasteiger partial charge is 0.344 e. The first-order valence-electron chi connectivity index (χ1n) is 9.53. The van der Waals surface area contributed by atoms with Gasteiger partial charge < -0.3 is 27.7 Å². The van der Waals surface area contributed by atoms with E-state index in [1.807, 2.05) is 13.8 Å². The van der Waals surface area contributed by atoms with Crippen molar-refractivity contribution >= 4 is 5.78 Å². The normalized spacial score (nSPS) is 9.54. The average Bonchev–Trinajstić information content (AvgIpc) is 2.35. The maximum atomic E-state index is 11.2. The average molecular weight is 708 g/mol. The molecule has 0 fully saturated rings. The number of hydrogen-bond donors (Lipinski definition) is 0. The molecule has 0 aromatic carbocycles.